The number of aryl methyl sites for hydroxylation is 3. The molecular formula is C30H28ClN3O6. The largest absolute Gasteiger partial charge is 0.507 e. The molecule has 206 valence electrons. The number of halogens is 1. The van der Waals surface area contributed by atoms with E-state index in [4.69, 9.17) is 22.1 Å². The van der Waals surface area contributed by atoms with Crippen LogP contribution in [0.25, 0.3) is 5.70 Å². The number of phenolic OH excluding ortho intramolecular Hbond substituents is 1. The van der Waals surface area contributed by atoms with Gasteiger partial charge in [0, 0.05) is 22.3 Å². The monoisotopic (exact) mass is 561 g/mol. The van der Waals surface area contributed by atoms with Crippen LogP contribution >= 0.6 is 11.6 Å². The van der Waals surface area contributed by atoms with E-state index in [1.807, 2.05) is 19.1 Å². The van der Waals surface area contributed by atoms with Crippen LogP contribution in [0.1, 0.15) is 45.5 Å². The summed E-state index contributed by atoms with van der Waals surface area (Å²) in [6.07, 6.45) is 3.07. The van der Waals surface area contributed by atoms with Crippen LogP contribution in [0.2, 0.25) is 5.02 Å². The molecule has 0 spiro atoms. The minimum absolute atomic E-state index is 0.0530. The number of ketones is 1. The lowest BCUT2D eigenvalue weighted by Gasteiger charge is -2.17. The smallest absolute Gasteiger partial charge is 0.320 e. The number of carbonyl (C=O) groups is 3. The van der Waals surface area contributed by atoms with Gasteiger partial charge in [-0.05, 0) is 85.7 Å². The first-order valence-corrected chi connectivity index (χ1v) is 13.0. The van der Waals surface area contributed by atoms with Gasteiger partial charge in [-0.1, -0.05) is 29.8 Å². The minimum Gasteiger partial charge on any atom is -0.507 e. The average Bonchev–Trinajstić information content (AvgIpc) is 3.78. The molecule has 0 radical (unpaired) electrons. The molecule has 0 saturated heterocycles. The topological polar surface area (TPSA) is 148 Å². The predicted octanol–water partition coefficient (Wildman–Crippen LogP) is 5.34. The van der Waals surface area contributed by atoms with Gasteiger partial charge < -0.3 is 20.9 Å². The summed E-state index contributed by atoms with van der Waals surface area (Å²) < 4.78 is 6.05. The molecule has 0 heterocycles. The third-order valence-electron chi connectivity index (χ3n) is 6.79. The number of benzene rings is 3. The lowest BCUT2D eigenvalue weighted by atomic mass is 9.98. The Balaban J connectivity index is 1.57. The van der Waals surface area contributed by atoms with Crippen molar-refractivity contribution in [3.63, 3.8) is 0 Å². The van der Waals surface area contributed by atoms with Gasteiger partial charge in [-0.25, -0.2) is 0 Å². The first kappa shape index (κ1) is 28.5. The quantitative estimate of drug-likeness (QED) is 0.153. The number of rotatable bonds is 12. The molecule has 40 heavy (non-hydrogen) atoms. The van der Waals surface area contributed by atoms with Crippen LogP contribution in [0.5, 0.6) is 11.5 Å². The fourth-order valence-electron chi connectivity index (χ4n) is 4.47. The van der Waals surface area contributed by atoms with Crippen LogP contribution in [-0.4, -0.2) is 29.8 Å². The molecule has 2 amide bonds. The SMILES string of the molecule is Cc1cccc(Cl)c1C(N)=C(COc1ccc(NC=O)c(CCc2ccc(C(=O)N=O)c(O)c2)c1)C(=O)C1CC1. The standard InChI is InChI=1S/C30H28ClN3O6/c1-17-3-2-4-24(31)27(17)28(32)23(29(37)19-8-9-19)15-40-21-10-12-25(33-16-35)20(14-21)7-5-18-6-11-22(26(36)13-18)30(38)34-39/h2-4,6,10-14,16,19,36H,5,7-9,15,32H2,1H3,(H,33,35). The van der Waals surface area contributed by atoms with Crippen molar-refractivity contribution in [1.29, 1.82) is 0 Å². The van der Waals surface area contributed by atoms with Crippen LogP contribution in [0, 0.1) is 17.7 Å². The molecule has 0 atom stereocenters. The maximum absolute atomic E-state index is 13.2. The normalized spacial score (nSPS) is 13.2. The summed E-state index contributed by atoms with van der Waals surface area (Å²) in [5.74, 6) is -1.04. The van der Waals surface area contributed by atoms with Gasteiger partial charge in [-0.3, -0.25) is 14.4 Å². The fraction of sp³-hybridized carbons (Fsp3) is 0.233. The Morgan fingerprint density at radius 3 is 2.58 bits per heavy atom. The molecule has 1 aliphatic carbocycles. The van der Waals surface area contributed by atoms with E-state index >= 15 is 0 Å². The lowest BCUT2D eigenvalue weighted by Crippen LogP contribution is -2.19. The molecule has 0 aliphatic heterocycles. The summed E-state index contributed by atoms with van der Waals surface area (Å²) in [4.78, 5) is 46.3. The maximum Gasteiger partial charge on any atom is 0.320 e. The highest BCUT2D eigenvalue weighted by molar-refractivity contribution is 6.32. The summed E-state index contributed by atoms with van der Waals surface area (Å²) in [5.41, 5.74) is 10.5. The number of carbonyl (C=O) groups excluding carboxylic acids is 3. The molecule has 3 aromatic rings. The van der Waals surface area contributed by atoms with E-state index < -0.39 is 5.91 Å². The minimum atomic E-state index is -1.05. The van der Waals surface area contributed by atoms with E-state index in [1.54, 1.807) is 30.3 Å². The Morgan fingerprint density at radius 2 is 1.93 bits per heavy atom. The van der Waals surface area contributed by atoms with E-state index in [2.05, 4.69) is 10.5 Å². The molecule has 0 aromatic heterocycles. The Bertz CT molecular complexity index is 1490. The third kappa shape index (κ3) is 6.55. The molecule has 10 heteroatoms. The summed E-state index contributed by atoms with van der Waals surface area (Å²) in [6, 6.07) is 14.9. The maximum atomic E-state index is 13.2. The van der Waals surface area contributed by atoms with E-state index in [0.29, 0.717) is 58.1 Å². The summed E-state index contributed by atoms with van der Waals surface area (Å²) in [7, 11) is 0. The number of Topliss-reactive ketones (excluding diaryl/α,β-unsaturated/α-hetero) is 1. The van der Waals surface area contributed by atoms with Gasteiger partial charge in [-0.2, -0.15) is 0 Å². The molecule has 9 nitrogen and oxygen atoms in total. The molecule has 1 aliphatic rings. The van der Waals surface area contributed by atoms with E-state index in [-0.39, 0.29) is 29.6 Å². The molecule has 4 N–H and O–H groups in total. The number of ether oxygens (including phenoxy) is 1. The van der Waals surface area contributed by atoms with Crippen LogP contribution in [0.3, 0.4) is 0 Å². The Kier molecular flexibility index (Phi) is 8.96. The summed E-state index contributed by atoms with van der Waals surface area (Å²) >= 11 is 6.43. The second-order valence-corrected chi connectivity index (χ2v) is 9.99. The highest BCUT2D eigenvalue weighted by Crippen LogP contribution is 2.36. The highest BCUT2D eigenvalue weighted by atomic mass is 35.5. The zero-order chi connectivity index (χ0) is 28.8. The van der Waals surface area contributed by atoms with Gasteiger partial charge in [0.25, 0.3) is 0 Å². The second-order valence-electron chi connectivity index (χ2n) is 9.58. The Hall–Kier alpha value is -4.50. The van der Waals surface area contributed by atoms with Crippen molar-refractivity contribution in [1.82, 2.24) is 0 Å². The van der Waals surface area contributed by atoms with Crippen molar-refractivity contribution in [2.45, 2.75) is 32.6 Å². The Morgan fingerprint density at radius 1 is 1.15 bits per heavy atom. The lowest BCUT2D eigenvalue weighted by molar-refractivity contribution is -0.117. The molecule has 3 aromatic carbocycles. The zero-order valence-electron chi connectivity index (χ0n) is 21.8. The summed E-state index contributed by atoms with van der Waals surface area (Å²) in [5, 5.41) is 15.5. The zero-order valence-corrected chi connectivity index (χ0v) is 22.5. The number of nitrogens with one attached hydrogen (secondary N) is 1. The van der Waals surface area contributed by atoms with Crippen LogP contribution in [-0.2, 0) is 22.4 Å². The van der Waals surface area contributed by atoms with Crippen molar-refractivity contribution in [3.8, 4) is 11.5 Å². The van der Waals surface area contributed by atoms with Crippen LogP contribution < -0.4 is 15.8 Å². The molecule has 0 unspecified atom stereocenters. The van der Waals surface area contributed by atoms with Crippen molar-refractivity contribution in [2.75, 3.05) is 11.9 Å². The van der Waals surface area contributed by atoms with E-state index in [0.717, 1.165) is 24.0 Å². The Labute approximate surface area is 236 Å². The van der Waals surface area contributed by atoms with E-state index in [1.165, 1.54) is 12.1 Å². The van der Waals surface area contributed by atoms with Crippen LogP contribution in [0.4, 0.5) is 5.69 Å². The molecular weight excluding hydrogens is 534 g/mol. The van der Waals surface area contributed by atoms with Gasteiger partial charge >= 0.3 is 5.91 Å². The number of aromatic hydroxyl groups is 1. The number of phenols is 1. The fourth-order valence-corrected chi connectivity index (χ4v) is 4.79. The number of nitrogens with two attached hydrogens (primary N) is 1. The average molecular weight is 562 g/mol. The third-order valence-corrected chi connectivity index (χ3v) is 7.11. The van der Waals surface area contributed by atoms with Crippen molar-refractivity contribution < 1.29 is 24.2 Å². The predicted molar refractivity (Wildman–Crippen MR) is 152 cm³/mol. The molecule has 1 fully saturated rings. The number of hydrogen-bond acceptors (Lipinski definition) is 7. The van der Waals surface area contributed by atoms with Crippen molar-refractivity contribution in [3.05, 3.63) is 97.9 Å². The number of amides is 2. The molecule has 4 rings (SSSR count). The first-order chi connectivity index (χ1) is 19.2. The number of nitroso groups, excluding NO2 is 1. The van der Waals surface area contributed by atoms with Gasteiger partial charge in [0.2, 0.25) is 6.41 Å². The van der Waals surface area contributed by atoms with E-state index in [9.17, 15) is 24.4 Å². The van der Waals surface area contributed by atoms with Crippen molar-refractivity contribution >= 4 is 41.1 Å². The van der Waals surface area contributed by atoms with Crippen molar-refractivity contribution in [2.24, 2.45) is 16.8 Å². The molecule has 0 bridgehead atoms. The van der Waals surface area contributed by atoms with Crippen LogP contribution in [0.15, 0.2) is 65.3 Å². The molecule has 1 saturated carbocycles. The van der Waals surface area contributed by atoms with Gasteiger partial charge in [-0.15, -0.1) is 4.91 Å². The number of nitrogens with zero attached hydrogens (tertiary/aromatic N) is 1. The highest BCUT2D eigenvalue weighted by Gasteiger charge is 2.33. The first-order valence-electron chi connectivity index (χ1n) is 12.7. The van der Waals surface area contributed by atoms with Gasteiger partial charge in [0.05, 0.1) is 21.9 Å². The van der Waals surface area contributed by atoms with Gasteiger partial charge in [0.15, 0.2) is 5.78 Å². The second kappa shape index (κ2) is 12.6. The van der Waals surface area contributed by atoms with Gasteiger partial charge in [0.1, 0.15) is 18.1 Å². The number of hydrogen-bond donors (Lipinski definition) is 3. The summed E-state index contributed by atoms with van der Waals surface area (Å²) in [6.45, 7) is 1.82. The number of anilines is 1.